The molecule has 0 aromatic heterocycles. The predicted molar refractivity (Wildman–Crippen MR) is 165 cm³/mol. The molecule has 0 aromatic rings. The van der Waals surface area contributed by atoms with Gasteiger partial charge in [-0.1, -0.05) is 0 Å². The van der Waals surface area contributed by atoms with Crippen LogP contribution in [0.25, 0.3) is 0 Å². The van der Waals surface area contributed by atoms with Crippen molar-refractivity contribution in [1.29, 1.82) is 0 Å². The molecule has 85 heavy (non-hydrogen) atoms. The molecule has 0 aromatic carbocycles. The van der Waals surface area contributed by atoms with E-state index in [-0.39, 0.29) is 0 Å². The summed E-state index contributed by atoms with van der Waals surface area (Å²) in [4.78, 5) is -2.13. The Morgan fingerprint density at radius 3 is 0.365 bits per heavy atom. The van der Waals surface area contributed by atoms with Gasteiger partial charge in [-0.3, -0.25) is 0 Å². The number of alkyl halides is 51. The van der Waals surface area contributed by atoms with Gasteiger partial charge in [-0.15, -0.1) is 0 Å². The first-order valence-corrected chi connectivity index (χ1v) is 20.0. The number of nitrogens with one attached hydrogen (secondary N) is 1. The van der Waals surface area contributed by atoms with Gasteiger partial charge in [-0.2, -0.15) is 224 Å². The monoisotopic (exact) mass is 1400 g/mol. The molecule has 0 radical (unpaired) electrons. The Morgan fingerprint density at radius 2 is 0.247 bits per heavy atom. The quantitative estimate of drug-likeness (QED) is 0.0684. The maximum Gasteiger partial charge on any atom is 0.460 e. The van der Waals surface area contributed by atoms with Crippen LogP contribution in [-0.4, -0.2) is 163 Å². The summed E-state index contributed by atoms with van der Waals surface area (Å²) in [6, 6.07) is 0. The van der Waals surface area contributed by atoms with Crippen LogP contribution in [0.1, 0.15) is 38.5 Å². The van der Waals surface area contributed by atoms with Crippen LogP contribution in [0.15, 0.2) is 0 Å². The third kappa shape index (κ3) is 11.6. The molecule has 0 heterocycles. The highest BCUT2D eigenvalue weighted by atomic mass is 19.5. The fourth-order valence-electron chi connectivity index (χ4n) is 6.12. The minimum absolute atomic E-state index is 2.13. The van der Waals surface area contributed by atoms with Crippen LogP contribution in [-0.2, 0) is 0 Å². The van der Waals surface area contributed by atoms with E-state index >= 15 is 0 Å². The zero-order chi connectivity index (χ0) is 69.9. The zero-order valence-electron chi connectivity index (χ0n) is 38.1. The Bertz CT molecular complexity index is 2000. The standard InChI is InChI=1S/C33H18F51N/c34-10(35,13(40,41)16(46,47)19(52,53)22(58,59)25(64,65)28(70,71)31(76,77)78)4-1-7-85(8-2-5-11(36,37)14(42,43)17(48,49)20(54,55)23(60,61)26(66,67)29(72,73)32(79,80)81)9-3-6-12(38,39)15(44,45)18(50,51)21(56,57)24(62,63)27(68,69)30(74,75)33(82,83)84/h1-9H2/p+1. The van der Waals surface area contributed by atoms with E-state index in [0.717, 1.165) is 0 Å². The van der Waals surface area contributed by atoms with Crippen molar-refractivity contribution in [3.05, 3.63) is 0 Å². The van der Waals surface area contributed by atoms with Crippen molar-refractivity contribution in [3.8, 4) is 0 Å². The van der Waals surface area contributed by atoms with Gasteiger partial charge in [0.05, 0.1) is 19.6 Å². The summed E-state index contributed by atoms with van der Waals surface area (Å²) >= 11 is 0. The summed E-state index contributed by atoms with van der Waals surface area (Å²) in [6.07, 6.45) is -45.0. The molecule has 512 valence electrons. The minimum atomic E-state index is -9.37. The molecular weight excluding hydrogens is 1380 g/mol. The fraction of sp³-hybridized carbons (Fsp3) is 1.00. The van der Waals surface area contributed by atoms with E-state index < -0.39 is 206 Å². The van der Waals surface area contributed by atoms with Gasteiger partial charge in [0.2, 0.25) is 0 Å². The molecule has 0 spiro atoms. The van der Waals surface area contributed by atoms with Gasteiger partial charge in [-0.25, -0.2) is 0 Å². The van der Waals surface area contributed by atoms with Crippen molar-refractivity contribution in [2.24, 2.45) is 0 Å². The van der Waals surface area contributed by atoms with Crippen molar-refractivity contribution in [3.63, 3.8) is 0 Å². The Balaban J connectivity index is 7.65. The average molecular weight is 1400 g/mol. The smallest absolute Gasteiger partial charge is 0.335 e. The molecule has 0 unspecified atom stereocenters. The van der Waals surface area contributed by atoms with E-state index in [4.69, 9.17) is 0 Å². The molecule has 0 bridgehead atoms. The molecule has 0 aliphatic rings. The van der Waals surface area contributed by atoms with Gasteiger partial charge < -0.3 is 4.90 Å². The number of halogens is 51. The molecule has 0 saturated carbocycles. The third-order valence-electron chi connectivity index (χ3n) is 11.4. The van der Waals surface area contributed by atoms with Gasteiger partial charge in [0.15, 0.2) is 0 Å². The van der Waals surface area contributed by atoms with E-state index in [1.165, 1.54) is 0 Å². The van der Waals surface area contributed by atoms with E-state index in [0.29, 0.717) is 0 Å². The number of hydrogen-bond donors (Lipinski definition) is 1. The van der Waals surface area contributed by atoms with Crippen molar-refractivity contribution in [1.82, 2.24) is 0 Å². The van der Waals surface area contributed by atoms with Gasteiger partial charge in [0.1, 0.15) is 0 Å². The first-order valence-electron chi connectivity index (χ1n) is 20.0. The Kier molecular flexibility index (Phi) is 20.9. The summed E-state index contributed by atoms with van der Waals surface area (Å²) in [6.45, 7) is -7.76. The first kappa shape index (κ1) is 81.4. The molecule has 0 amide bonds. The van der Waals surface area contributed by atoms with Crippen molar-refractivity contribution >= 4 is 0 Å². The van der Waals surface area contributed by atoms with E-state index in [2.05, 4.69) is 0 Å². The lowest BCUT2D eigenvalue weighted by Crippen LogP contribution is -3.12. The second kappa shape index (κ2) is 21.8. The van der Waals surface area contributed by atoms with E-state index in [1.54, 1.807) is 0 Å². The maximum absolute atomic E-state index is 14.5. The lowest BCUT2D eigenvalue weighted by Gasteiger charge is -2.43. The van der Waals surface area contributed by atoms with Crippen LogP contribution < -0.4 is 4.90 Å². The Labute approximate surface area is 431 Å². The SMILES string of the molecule is FC(F)(F)C(F)(F)C(F)(F)C(F)(F)C(F)(F)C(F)(F)C(F)(F)C(F)(F)CCC[NH+](CCCC(F)(F)C(F)(F)C(F)(F)C(F)(F)C(F)(F)C(F)(F)C(F)(F)C(F)(F)F)CCCC(F)(F)C(F)(F)C(F)(F)C(F)(F)C(F)(F)C(F)(F)C(F)(F)C(F)(F)F. The molecule has 0 fully saturated rings. The average Bonchev–Trinajstić information content (AvgIpc) is 3.26. The predicted octanol–water partition coefficient (Wildman–Crippen LogP) is 17.2. The molecule has 0 rings (SSSR count). The fourth-order valence-corrected chi connectivity index (χ4v) is 6.12. The van der Waals surface area contributed by atoms with Crippen LogP contribution >= 0.6 is 0 Å². The Morgan fingerprint density at radius 1 is 0.141 bits per heavy atom. The summed E-state index contributed by atoms with van der Waals surface area (Å²) in [7, 11) is 0. The van der Waals surface area contributed by atoms with Crippen molar-refractivity contribution < 1.29 is 229 Å². The van der Waals surface area contributed by atoms with Crippen molar-refractivity contribution in [2.45, 2.75) is 181 Å². The summed E-state index contributed by atoms with van der Waals surface area (Å²) in [5, 5.41) is 0. The molecule has 0 saturated heterocycles. The summed E-state index contributed by atoms with van der Waals surface area (Å²) < 4.78 is 695. The summed E-state index contributed by atoms with van der Waals surface area (Å²) in [5.41, 5.74) is 0. The molecule has 0 atom stereocenters. The second-order valence-electron chi connectivity index (χ2n) is 17.3. The van der Waals surface area contributed by atoms with Gasteiger partial charge >= 0.3 is 143 Å². The van der Waals surface area contributed by atoms with E-state index in [9.17, 15) is 224 Å². The maximum atomic E-state index is 14.5. The molecular formula is C33H19F51N+. The zero-order valence-corrected chi connectivity index (χ0v) is 38.1. The second-order valence-corrected chi connectivity index (χ2v) is 17.3. The number of hydrogen-bond acceptors (Lipinski definition) is 0. The molecule has 1 N–H and O–H groups in total. The normalized spacial score (nSPS) is 16.9. The lowest BCUT2D eigenvalue weighted by atomic mass is 9.87. The highest BCUT2D eigenvalue weighted by molar-refractivity contribution is 5.18. The highest BCUT2D eigenvalue weighted by Gasteiger charge is 2.98. The highest BCUT2D eigenvalue weighted by Crippen LogP contribution is 2.68. The first-order chi connectivity index (χ1) is 36.0. The molecule has 0 aliphatic heterocycles. The minimum Gasteiger partial charge on any atom is -0.335 e. The topological polar surface area (TPSA) is 4.44 Å². The van der Waals surface area contributed by atoms with Gasteiger partial charge in [0, 0.05) is 38.5 Å². The molecule has 52 heteroatoms. The van der Waals surface area contributed by atoms with Crippen LogP contribution in [0.4, 0.5) is 224 Å². The van der Waals surface area contributed by atoms with Gasteiger partial charge in [0.25, 0.3) is 0 Å². The van der Waals surface area contributed by atoms with Gasteiger partial charge in [-0.05, 0) is 0 Å². The Hall–Kier alpha value is -3.61. The van der Waals surface area contributed by atoms with Crippen molar-refractivity contribution in [2.75, 3.05) is 19.6 Å². The van der Waals surface area contributed by atoms with Crippen LogP contribution in [0.5, 0.6) is 0 Å². The number of rotatable bonds is 30. The van der Waals surface area contributed by atoms with Crippen LogP contribution in [0.2, 0.25) is 0 Å². The summed E-state index contributed by atoms with van der Waals surface area (Å²) in [5.74, 6) is -186. The van der Waals surface area contributed by atoms with Crippen LogP contribution in [0, 0.1) is 0 Å². The van der Waals surface area contributed by atoms with Crippen LogP contribution in [0.3, 0.4) is 0 Å². The number of quaternary nitrogens is 1. The third-order valence-corrected chi connectivity index (χ3v) is 11.4. The lowest BCUT2D eigenvalue weighted by molar-refractivity contribution is -0.901. The molecule has 1 nitrogen and oxygen atoms in total. The largest absolute Gasteiger partial charge is 0.460 e. The van der Waals surface area contributed by atoms with E-state index in [1.807, 2.05) is 0 Å². The molecule has 0 aliphatic carbocycles.